The van der Waals surface area contributed by atoms with Crippen LogP contribution in [0.5, 0.6) is 5.75 Å². The zero-order valence-electron chi connectivity index (χ0n) is 14.7. The van der Waals surface area contributed by atoms with Gasteiger partial charge in [0, 0.05) is 19.3 Å². The van der Waals surface area contributed by atoms with Crippen molar-refractivity contribution in [1.29, 1.82) is 0 Å². The van der Waals surface area contributed by atoms with Gasteiger partial charge in [-0.2, -0.15) is 5.10 Å². The Morgan fingerprint density at radius 2 is 2.27 bits per heavy atom. The Labute approximate surface area is 152 Å². The number of phenolic OH excluding ortho intramolecular Hbond substituents is 1. The quantitative estimate of drug-likeness (QED) is 0.876. The molecule has 2 saturated heterocycles. The molecule has 0 aliphatic carbocycles. The minimum Gasteiger partial charge on any atom is -0.508 e. The SMILES string of the molecule is O=C(c1ccn(C2CCCNC2)n1)N1CCOC(c2cccc(O)c2)C1. The summed E-state index contributed by atoms with van der Waals surface area (Å²) in [4.78, 5) is 14.7. The molecule has 2 aliphatic heterocycles. The number of aromatic hydroxyl groups is 1. The summed E-state index contributed by atoms with van der Waals surface area (Å²) < 4.78 is 7.71. The monoisotopic (exact) mass is 356 g/mol. The number of piperidine rings is 1. The predicted octanol–water partition coefficient (Wildman–Crippen LogP) is 1.73. The lowest BCUT2D eigenvalue weighted by Crippen LogP contribution is -2.42. The van der Waals surface area contributed by atoms with Crippen molar-refractivity contribution in [2.45, 2.75) is 25.0 Å². The van der Waals surface area contributed by atoms with E-state index in [4.69, 9.17) is 4.74 Å². The van der Waals surface area contributed by atoms with E-state index in [1.165, 1.54) is 0 Å². The second-order valence-electron chi connectivity index (χ2n) is 6.89. The van der Waals surface area contributed by atoms with Gasteiger partial charge in [0.05, 0.1) is 19.2 Å². The van der Waals surface area contributed by atoms with Crippen LogP contribution in [0.3, 0.4) is 0 Å². The van der Waals surface area contributed by atoms with Gasteiger partial charge in [0.1, 0.15) is 17.5 Å². The normalized spacial score (nSPS) is 23.8. The first-order valence-electron chi connectivity index (χ1n) is 9.16. The highest BCUT2D eigenvalue weighted by Crippen LogP contribution is 2.25. The number of benzene rings is 1. The molecule has 3 heterocycles. The lowest BCUT2D eigenvalue weighted by atomic mass is 10.1. The predicted molar refractivity (Wildman–Crippen MR) is 96.1 cm³/mol. The topological polar surface area (TPSA) is 79.6 Å². The zero-order valence-corrected chi connectivity index (χ0v) is 14.7. The number of rotatable bonds is 3. The van der Waals surface area contributed by atoms with Crippen molar-refractivity contribution >= 4 is 5.91 Å². The van der Waals surface area contributed by atoms with Crippen LogP contribution in [0.2, 0.25) is 0 Å². The number of morpholine rings is 1. The minimum atomic E-state index is -0.232. The fraction of sp³-hybridized carbons (Fsp3) is 0.474. The summed E-state index contributed by atoms with van der Waals surface area (Å²) in [5, 5.41) is 17.6. The molecular weight excluding hydrogens is 332 g/mol. The number of nitrogens with one attached hydrogen (secondary N) is 1. The van der Waals surface area contributed by atoms with Crippen LogP contribution in [0.4, 0.5) is 0 Å². The number of nitrogens with zero attached hydrogens (tertiary/aromatic N) is 3. The standard InChI is InChI=1S/C19H24N4O3/c24-16-5-1-3-14(11-16)18-13-22(9-10-26-18)19(25)17-6-8-23(21-17)15-4-2-7-20-12-15/h1,3,5-6,8,11,15,18,20,24H,2,4,7,9-10,12-13H2. The van der Waals surface area contributed by atoms with Gasteiger partial charge < -0.3 is 20.1 Å². The van der Waals surface area contributed by atoms with Gasteiger partial charge in [-0.3, -0.25) is 9.48 Å². The van der Waals surface area contributed by atoms with Crippen molar-refractivity contribution in [3.8, 4) is 5.75 Å². The first-order chi connectivity index (χ1) is 12.7. The van der Waals surface area contributed by atoms with Crippen molar-refractivity contribution < 1.29 is 14.6 Å². The molecular formula is C19H24N4O3. The van der Waals surface area contributed by atoms with Gasteiger partial charge >= 0.3 is 0 Å². The van der Waals surface area contributed by atoms with Gasteiger partial charge in [-0.25, -0.2) is 0 Å². The molecule has 138 valence electrons. The van der Waals surface area contributed by atoms with E-state index in [-0.39, 0.29) is 17.8 Å². The Hall–Kier alpha value is -2.38. The van der Waals surface area contributed by atoms with Crippen molar-refractivity contribution in [1.82, 2.24) is 20.0 Å². The molecule has 7 nitrogen and oxygen atoms in total. The average Bonchev–Trinajstić information content (AvgIpc) is 3.18. The molecule has 1 aromatic heterocycles. The molecule has 0 radical (unpaired) electrons. The highest BCUT2D eigenvalue weighted by Gasteiger charge is 2.28. The highest BCUT2D eigenvalue weighted by atomic mass is 16.5. The molecule has 7 heteroatoms. The fourth-order valence-corrected chi connectivity index (χ4v) is 3.64. The van der Waals surface area contributed by atoms with Crippen LogP contribution in [0, 0.1) is 0 Å². The number of carbonyl (C=O) groups excluding carboxylic acids is 1. The molecule has 0 spiro atoms. The van der Waals surface area contributed by atoms with Gasteiger partial charge in [-0.15, -0.1) is 0 Å². The first kappa shape index (κ1) is 17.1. The number of amides is 1. The molecule has 0 bridgehead atoms. The van der Waals surface area contributed by atoms with Crippen molar-refractivity contribution in [3.63, 3.8) is 0 Å². The van der Waals surface area contributed by atoms with E-state index in [1.807, 2.05) is 16.9 Å². The van der Waals surface area contributed by atoms with E-state index in [9.17, 15) is 9.90 Å². The third-order valence-electron chi connectivity index (χ3n) is 5.07. The second-order valence-corrected chi connectivity index (χ2v) is 6.89. The van der Waals surface area contributed by atoms with Crippen molar-refractivity contribution in [2.24, 2.45) is 0 Å². The van der Waals surface area contributed by atoms with E-state index in [1.54, 1.807) is 29.2 Å². The molecule has 2 aliphatic rings. The zero-order chi connectivity index (χ0) is 17.9. The molecule has 2 fully saturated rings. The third kappa shape index (κ3) is 3.59. The molecule has 26 heavy (non-hydrogen) atoms. The number of hydrogen-bond acceptors (Lipinski definition) is 5. The Bertz CT molecular complexity index is 770. The Morgan fingerprint density at radius 1 is 1.35 bits per heavy atom. The minimum absolute atomic E-state index is 0.0685. The fourth-order valence-electron chi connectivity index (χ4n) is 3.64. The molecule has 2 aromatic rings. The summed E-state index contributed by atoms with van der Waals surface area (Å²) in [6.45, 7) is 3.42. The summed E-state index contributed by atoms with van der Waals surface area (Å²) in [6, 6.07) is 9.12. The van der Waals surface area contributed by atoms with Crippen LogP contribution in [0.15, 0.2) is 36.5 Å². The van der Waals surface area contributed by atoms with Crippen LogP contribution in [0.25, 0.3) is 0 Å². The molecule has 4 rings (SSSR count). The number of aromatic nitrogens is 2. The van der Waals surface area contributed by atoms with Gasteiger partial charge in [0.15, 0.2) is 0 Å². The smallest absolute Gasteiger partial charge is 0.274 e. The third-order valence-corrected chi connectivity index (χ3v) is 5.07. The maximum absolute atomic E-state index is 12.9. The number of ether oxygens (including phenoxy) is 1. The number of hydrogen-bond donors (Lipinski definition) is 2. The first-order valence-corrected chi connectivity index (χ1v) is 9.16. The molecule has 0 saturated carbocycles. The lowest BCUT2D eigenvalue weighted by molar-refractivity contribution is -0.0231. The molecule has 1 aromatic carbocycles. The maximum Gasteiger partial charge on any atom is 0.274 e. The number of carbonyl (C=O) groups is 1. The summed E-state index contributed by atoms with van der Waals surface area (Å²) in [7, 11) is 0. The Morgan fingerprint density at radius 3 is 3.08 bits per heavy atom. The highest BCUT2D eigenvalue weighted by molar-refractivity contribution is 5.92. The average molecular weight is 356 g/mol. The molecule has 2 N–H and O–H groups in total. The summed E-state index contributed by atoms with van der Waals surface area (Å²) in [5.41, 5.74) is 1.36. The second kappa shape index (κ2) is 7.47. The van der Waals surface area contributed by atoms with Gasteiger partial charge in [0.25, 0.3) is 5.91 Å². The Balaban J connectivity index is 1.45. The van der Waals surface area contributed by atoms with E-state index in [0.29, 0.717) is 31.4 Å². The van der Waals surface area contributed by atoms with Gasteiger partial charge in [-0.1, -0.05) is 12.1 Å². The van der Waals surface area contributed by atoms with Crippen LogP contribution < -0.4 is 5.32 Å². The van der Waals surface area contributed by atoms with Crippen LogP contribution >= 0.6 is 0 Å². The maximum atomic E-state index is 12.9. The van der Waals surface area contributed by atoms with Crippen molar-refractivity contribution in [2.75, 3.05) is 32.8 Å². The number of phenols is 1. The van der Waals surface area contributed by atoms with E-state index in [2.05, 4.69) is 10.4 Å². The summed E-state index contributed by atoms with van der Waals surface area (Å²) in [5.74, 6) is 0.135. The Kier molecular flexibility index (Phi) is 4.90. The van der Waals surface area contributed by atoms with E-state index >= 15 is 0 Å². The largest absolute Gasteiger partial charge is 0.508 e. The molecule has 2 atom stereocenters. The van der Waals surface area contributed by atoms with Crippen LogP contribution in [-0.4, -0.2) is 58.5 Å². The lowest BCUT2D eigenvalue weighted by Gasteiger charge is -2.32. The van der Waals surface area contributed by atoms with Crippen LogP contribution in [0.1, 0.15) is 41.0 Å². The van der Waals surface area contributed by atoms with Crippen LogP contribution in [-0.2, 0) is 4.74 Å². The molecule has 2 unspecified atom stereocenters. The summed E-state index contributed by atoms with van der Waals surface area (Å²) in [6.07, 6.45) is 3.88. The summed E-state index contributed by atoms with van der Waals surface area (Å²) >= 11 is 0. The van der Waals surface area contributed by atoms with Gasteiger partial charge in [0.2, 0.25) is 0 Å². The van der Waals surface area contributed by atoms with E-state index in [0.717, 1.165) is 31.5 Å². The van der Waals surface area contributed by atoms with Gasteiger partial charge in [-0.05, 0) is 43.1 Å². The van der Waals surface area contributed by atoms with Crippen molar-refractivity contribution in [3.05, 3.63) is 47.8 Å². The van der Waals surface area contributed by atoms with E-state index < -0.39 is 0 Å². The molecule has 1 amide bonds.